The Morgan fingerprint density at radius 3 is 2.60 bits per heavy atom. The van der Waals surface area contributed by atoms with Crippen LogP contribution in [0.15, 0.2) is 29.3 Å². The zero-order chi connectivity index (χ0) is 22.0. The fourth-order valence-electron chi connectivity index (χ4n) is 3.49. The van der Waals surface area contributed by atoms with E-state index in [9.17, 15) is 13.2 Å². The monoisotopic (exact) mass is 437 g/mol. The Balaban J connectivity index is 1.89. The van der Waals surface area contributed by atoms with Crippen molar-refractivity contribution in [3.05, 3.63) is 35.4 Å². The summed E-state index contributed by atoms with van der Waals surface area (Å²) in [5.74, 6) is 0.869. The summed E-state index contributed by atoms with van der Waals surface area (Å²) in [6, 6.07) is 7.76. The van der Waals surface area contributed by atoms with Crippen LogP contribution in [0.25, 0.3) is 0 Å². The van der Waals surface area contributed by atoms with Gasteiger partial charge in [0.25, 0.3) is 5.91 Å². The predicted molar refractivity (Wildman–Crippen MR) is 121 cm³/mol. The minimum Gasteiger partial charge on any atom is -0.357 e. The van der Waals surface area contributed by atoms with Crippen molar-refractivity contribution < 1.29 is 13.2 Å². The second-order valence-corrected chi connectivity index (χ2v) is 9.51. The number of carbonyl (C=O) groups is 1. The summed E-state index contributed by atoms with van der Waals surface area (Å²) in [5, 5.41) is 9.34. The number of benzene rings is 1. The number of carbonyl (C=O) groups excluding carboxylic acids is 1. The first kappa shape index (κ1) is 24.1. The van der Waals surface area contributed by atoms with Crippen LogP contribution in [-0.2, 0) is 16.4 Å². The fourth-order valence-corrected chi connectivity index (χ4v) is 5.03. The van der Waals surface area contributed by atoms with Gasteiger partial charge in [0, 0.05) is 44.8 Å². The molecule has 0 atom stereocenters. The van der Waals surface area contributed by atoms with Crippen LogP contribution in [0.5, 0.6) is 0 Å². The van der Waals surface area contributed by atoms with Gasteiger partial charge in [-0.25, -0.2) is 12.7 Å². The summed E-state index contributed by atoms with van der Waals surface area (Å²) in [6.07, 6.45) is 2.90. The smallest absolute Gasteiger partial charge is 0.251 e. The first-order valence-electron chi connectivity index (χ1n) is 10.7. The van der Waals surface area contributed by atoms with Crippen LogP contribution in [0.4, 0.5) is 0 Å². The van der Waals surface area contributed by atoms with Crippen molar-refractivity contribution in [1.29, 1.82) is 0 Å². The number of nitrogens with one attached hydrogen (secondary N) is 3. The van der Waals surface area contributed by atoms with Crippen molar-refractivity contribution in [2.24, 2.45) is 4.99 Å². The molecule has 1 aliphatic rings. The van der Waals surface area contributed by atoms with Gasteiger partial charge in [-0.15, -0.1) is 0 Å². The van der Waals surface area contributed by atoms with Crippen molar-refractivity contribution in [2.45, 2.75) is 45.6 Å². The quantitative estimate of drug-likeness (QED) is 0.400. The molecule has 3 N–H and O–H groups in total. The van der Waals surface area contributed by atoms with Gasteiger partial charge >= 0.3 is 0 Å². The van der Waals surface area contributed by atoms with E-state index in [0.717, 1.165) is 37.3 Å². The molecule has 1 amide bonds. The molecule has 1 aromatic carbocycles. The average Bonchev–Trinajstić information content (AvgIpc) is 2.74. The molecule has 0 unspecified atom stereocenters. The molecule has 168 valence electrons. The van der Waals surface area contributed by atoms with Crippen LogP contribution < -0.4 is 16.0 Å². The molecule has 2 rings (SSSR count). The lowest BCUT2D eigenvalue weighted by molar-refractivity contribution is 0.0963. The third-order valence-corrected chi connectivity index (χ3v) is 7.16. The van der Waals surface area contributed by atoms with E-state index in [1.54, 1.807) is 17.4 Å². The van der Waals surface area contributed by atoms with Crippen LogP contribution in [0.1, 0.15) is 49.0 Å². The number of amides is 1. The van der Waals surface area contributed by atoms with Gasteiger partial charge in [-0.1, -0.05) is 19.1 Å². The lowest BCUT2D eigenvalue weighted by Gasteiger charge is -2.32. The van der Waals surface area contributed by atoms with Gasteiger partial charge in [-0.2, -0.15) is 0 Å². The molecule has 30 heavy (non-hydrogen) atoms. The minimum atomic E-state index is -3.12. The fraction of sp³-hybridized carbons (Fsp3) is 0.619. The Labute approximate surface area is 180 Å². The number of piperidine rings is 1. The summed E-state index contributed by atoms with van der Waals surface area (Å²) in [5.41, 5.74) is 1.71. The molecule has 9 heteroatoms. The van der Waals surface area contributed by atoms with E-state index < -0.39 is 10.0 Å². The largest absolute Gasteiger partial charge is 0.357 e. The summed E-state index contributed by atoms with van der Waals surface area (Å²) in [7, 11) is -1.50. The van der Waals surface area contributed by atoms with Crippen LogP contribution in [0.3, 0.4) is 0 Å². The predicted octanol–water partition coefficient (Wildman–Crippen LogP) is 1.35. The van der Waals surface area contributed by atoms with Gasteiger partial charge < -0.3 is 16.0 Å². The number of aliphatic imine (C=N–C) groups is 1. The second kappa shape index (κ2) is 11.9. The highest BCUT2D eigenvalue weighted by atomic mass is 32.2. The summed E-state index contributed by atoms with van der Waals surface area (Å²) in [4.78, 5) is 16.4. The normalized spacial score (nSPS) is 16.3. The third kappa shape index (κ3) is 7.28. The molecule has 0 spiro atoms. The molecule has 1 aromatic rings. The molecule has 8 nitrogen and oxygen atoms in total. The van der Waals surface area contributed by atoms with E-state index >= 15 is 0 Å². The molecule has 0 bridgehead atoms. The highest BCUT2D eigenvalue weighted by Crippen LogP contribution is 2.15. The molecule has 1 heterocycles. The number of guanidine groups is 1. The molecule has 1 saturated heterocycles. The first-order valence-corrected chi connectivity index (χ1v) is 12.3. The SMILES string of the molecule is CCCS(=O)(=O)N1CCC(NC(=NCCc2cccc(C(=O)NC)c2)NCC)CC1. The molecule has 0 radical (unpaired) electrons. The van der Waals surface area contributed by atoms with Crippen LogP contribution in [0, 0.1) is 0 Å². The van der Waals surface area contributed by atoms with E-state index in [0.29, 0.717) is 31.6 Å². The highest BCUT2D eigenvalue weighted by molar-refractivity contribution is 7.89. The Bertz CT molecular complexity index is 818. The Hall–Kier alpha value is -2.13. The Kier molecular flexibility index (Phi) is 9.58. The van der Waals surface area contributed by atoms with Crippen molar-refractivity contribution in [1.82, 2.24) is 20.3 Å². The van der Waals surface area contributed by atoms with E-state index in [-0.39, 0.29) is 17.7 Å². The highest BCUT2D eigenvalue weighted by Gasteiger charge is 2.27. The van der Waals surface area contributed by atoms with Gasteiger partial charge in [0.2, 0.25) is 10.0 Å². The molecule has 1 fully saturated rings. The van der Waals surface area contributed by atoms with Gasteiger partial charge in [-0.3, -0.25) is 9.79 Å². The second-order valence-electron chi connectivity index (χ2n) is 7.42. The van der Waals surface area contributed by atoms with Gasteiger partial charge in [-0.05, 0) is 50.3 Å². The van der Waals surface area contributed by atoms with Gasteiger partial charge in [0.1, 0.15) is 0 Å². The van der Waals surface area contributed by atoms with E-state index in [1.165, 1.54) is 0 Å². The standard InChI is InChI=1S/C21H35N5O3S/c1-4-15-30(28,29)26-13-10-19(11-14-26)25-21(23-5-2)24-12-9-17-7-6-8-18(16-17)20(27)22-3/h6-8,16,19H,4-5,9-15H2,1-3H3,(H,22,27)(H2,23,24,25). The maximum Gasteiger partial charge on any atom is 0.251 e. The van der Waals surface area contributed by atoms with E-state index in [4.69, 9.17) is 0 Å². The van der Waals surface area contributed by atoms with Gasteiger partial charge in [0.15, 0.2) is 5.96 Å². The van der Waals surface area contributed by atoms with Crippen LogP contribution in [-0.4, -0.2) is 69.6 Å². The molecule has 0 aliphatic carbocycles. The van der Waals surface area contributed by atoms with Crippen LogP contribution >= 0.6 is 0 Å². The number of nitrogens with zero attached hydrogens (tertiary/aromatic N) is 2. The van der Waals surface area contributed by atoms with Gasteiger partial charge in [0.05, 0.1) is 5.75 Å². The van der Waals surface area contributed by atoms with Crippen molar-refractivity contribution >= 4 is 21.9 Å². The minimum absolute atomic E-state index is 0.0948. The number of sulfonamides is 1. The summed E-state index contributed by atoms with van der Waals surface area (Å²) in [6.45, 7) is 6.35. The molecular formula is C21H35N5O3S. The average molecular weight is 438 g/mol. The number of hydrogen-bond acceptors (Lipinski definition) is 4. The van der Waals surface area contributed by atoms with Crippen molar-refractivity contribution in [3.8, 4) is 0 Å². The third-order valence-electron chi connectivity index (χ3n) is 5.08. The van der Waals surface area contributed by atoms with Crippen LogP contribution in [0.2, 0.25) is 0 Å². The molecule has 0 aromatic heterocycles. The Morgan fingerprint density at radius 2 is 1.97 bits per heavy atom. The summed E-state index contributed by atoms with van der Waals surface area (Å²) >= 11 is 0. The first-order chi connectivity index (χ1) is 14.4. The van der Waals surface area contributed by atoms with E-state index in [2.05, 4.69) is 20.9 Å². The summed E-state index contributed by atoms with van der Waals surface area (Å²) < 4.78 is 26.1. The van der Waals surface area contributed by atoms with E-state index in [1.807, 2.05) is 32.0 Å². The number of hydrogen-bond donors (Lipinski definition) is 3. The Morgan fingerprint density at radius 1 is 1.23 bits per heavy atom. The molecule has 1 aliphatic heterocycles. The van der Waals surface area contributed by atoms with Crippen molar-refractivity contribution in [2.75, 3.05) is 39.0 Å². The number of rotatable bonds is 9. The molecule has 0 saturated carbocycles. The lowest BCUT2D eigenvalue weighted by atomic mass is 10.1. The maximum absolute atomic E-state index is 12.2. The zero-order valence-electron chi connectivity index (χ0n) is 18.3. The van der Waals surface area contributed by atoms with Crippen molar-refractivity contribution in [3.63, 3.8) is 0 Å². The topological polar surface area (TPSA) is 103 Å². The lowest BCUT2D eigenvalue weighted by Crippen LogP contribution is -2.50. The molecular weight excluding hydrogens is 402 g/mol. The maximum atomic E-state index is 12.2. The zero-order valence-corrected chi connectivity index (χ0v) is 19.1.